The normalized spacial score (nSPS) is 11.2. The highest BCUT2D eigenvalue weighted by Gasteiger charge is 2.10. The van der Waals surface area contributed by atoms with Crippen molar-refractivity contribution in [2.45, 2.75) is 202 Å². The molecule has 0 amide bonds. The number of nitrogens with two attached hydrogens (primary N) is 1. The van der Waals surface area contributed by atoms with E-state index in [1.807, 2.05) is 30.3 Å². The van der Waals surface area contributed by atoms with Crippen LogP contribution in [0.2, 0.25) is 0 Å². The molecule has 3 aromatic carbocycles. The second-order valence-electron chi connectivity index (χ2n) is 16.7. The second kappa shape index (κ2) is 34.1. The van der Waals surface area contributed by atoms with Crippen LogP contribution in [0.4, 0.5) is 0 Å². The van der Waals surface area contributed by atoms with Gasteiger partial charge in [0.1, 0.15) is 47.7 Å². The van der Waals surface area contributed by atoms with Crippen LogP contribution >= 0.6 is 0 Å². The maximum Gasteiger partial charge on any atom is 0.123 e. The third-order valence-electron chi connectivity index (χ3n) is 10.9. The molecule has 7 heteroatoms. The van der Waals surface area contributed by atoms with Crippen LogP contribution in [0, 0.1) is 0 Å². The Bertz CT molecular complexity index is 1320. The number of hydrogen-bond acceptors (Lipinski definition) is 7. The van der Waals surface area contributed by atoms with Gasteiger partial charge >= 0.3 is 0 Å². The van der Waals surface area contributed by atoms with Gasteiger partial charge in [0.25, 0.3) is 0 Å². The first-order valence-corrected chi connectivity index (χ1v) is 24.5. The van der Waals surface area contributed by atoms with Crippen molar-refractivity contribution in [2.24, 2.45) is 5.73 Å². The Kier molecular flexibility index (Phi) is 28.8. The van der Waals surface area contributed by atoms with E-state index >= 15 is 0 Å². The molecule has 0 saturated heterocycles. The summed E-state index contributed by atoms with van der Waals surface area (Å²) in [6, 6.07) is 18.3. The van der Waals surface area contributed by atoms with Crippen molar-refractivity contribution < 1.29 is 28.4 Å². The van der Waals surface area contributed by atoms with Gasteiger partial charge in [-0.25, -0.2) is 0 Å². The first-order chi connectivity index (χ1) is 29.6. The molecular formula is C53H85NO6. The average molecular weight is 832 g/mol. The van der Waals surface area contributed by atoms with Gasteiger partial charge in [-0.05, 0) is 78.8 Å². The summed E-state index contributed by atoms with van der Waals surface area (Å²) in [6.07, 6.45) is 29.5. The van der Waals surface area contributed by atoms with Crippen molar-refractivity contribution in [1.29, 1.82) is 0 Å². The monoisotopic (exact) mass is 832 g/mol. The van der Waals surface area contributed by atoms with Crippen molar-refractivity contribution in [3.63, 3.8) is 0 Å². The lowest BCUT2D eigenvalue weighted by Gasteiger charge is -2.15. The van der Waals surface area contributed by atoms with Gasteiger partial charge in [0.2, 0.25) is 0 Å². The zero-order valence-corrected chi connectivity index (χ0v) is 38.6. The Balaban J connectivity index is 1.66. The highest BCUT2D eigenvalue weighted by molar-refractivity contribution is 5.42. The van der Waals surface area contributed by atoms with Gasteiger partial charge in [0.15, 0.2) is 0 Å². The molecule has 0 aromatic heterocycles. The summed E-state index contributed by atoms with van der Waals surface area (Å²) in [5.74, 6) is 4.73. The summed E-state index contributed by atoms with van der Waals surface area (Å²) in [7, 11) is 0. The molecule has 0 atom stereocenters. The van der Waals surface area contributed by atoms with Crippen LogP contribution in [-0.4, -0.2) is 26.4 Å². The zero-order chi connectivity index (χ0) is 42.7. The smallest absolute Gasteiger partial charge is 0.123 e. The van der Waals surface area contributed by atoms with E-state index in [0.717, 1.165) is 65.4 Å². The summed E-state index contributed by atoms with van der Waals surface area (Å²) in [5.41, 5.74) is 9.12. The van der Waals surface area contributed by atoms with Crippen LogP contribution in [0.25, 0.3) is 0 Å². The zero-order valence-electron chi connectivity index (χ0n) is 38.6. The number of ether oxygens (including phenoxy) is 6. The topological polar surface area (TPSA) is 81.4 Å². The van der Waals surface area contributed by atoms with Gasteiger partial charge in [0.05, 0.1) is 26.4 Å². The molecule has 0 aliphatic carbocycles. The lowest BCUT2D eigenvalue weighted by molar-refractivity contribution is 0.276. The van der Waals surface area contributed by atoms with E-state index in [1.165, 1.54) is 128 Å². The van der Waals surface area contributed by atoms with E-state index in [2.05, 4.69) is 52.0 Å². The van der Waals surface area contributed by atoms with Crippen molar-refractivity contribution in [2.75, 3.05) is 26.4 Å². The molecule has 3 rings (SSSR count). The summed E-state index contributed by atoms with van der Waals surface area (Å²) < 4.78 is 37.9. The largest absolute Gasteiger partial charge is 0.493 e. The van der Waals surface area contributed by atoms with E-state index in [4.69, 9.17) is 34.2 Å². The van der Waals surface area contributed by atoms with Crippen molar-refractivity contribution >= 4 is 0 Å². The predicted octanol–water partition coefficient (Wildman–Crippen LogP) is 15.3. The SMILES string of the molecule is CCCCCCCCOc1cc(COc2cc(CN)cc(OCc3cc(OCCCCCCCC)cc(OCCCCCCCC)c3)c2)cc(OCCCCCCCC)c1. The summed E-state index contributed by atoms with van der Waals surface area (Å²) in [6.45, 7) is 12.9. The molecule has 3 aromatic rings. The lowest BCUT2D eigenvalue weighted by atomic mass is 10.1. The lowest BCUT2D eigenvalue weighted by Crippen LogP contribution is -2.04. The molecule has 0 heterocycles. The third-order valence-corrected chi connectivity index (χ3v) is 10.9. The Labute approximate surface area is 366 Å². The van der Waals surface area contributed by atoms with Crippen LogP contribution in [0.3, 0.4) is 0 Å². The minimum Gasteiger partial charge on any atom is -0.493 e. The number of rotatable bonds is 39. The number of benzene rings is 3. The molecule has 0 bridgehead atoms. The summed E-state index contributed by atoms with van der Waals surface area (Å²) in [4.78, 5) is 0. The van der Waals surface area contributed by atoms with Crippen LogP contribution in [0.15, 0.2) is 54.6 Å². The maximum atomic E-state index is 6.42. The van der Waals surface area contributed by atoms with Crippen molar-refractivity contribution in [3.05, 3.63) is 71.3 Å². The molecule has 0 fully saturated rings. The molecule has 2 N–H and O–H groups in total. The fourth-order valence-corrected chi connectivity index (χ4v) is 7.30. The molecule has 338 valence electrons. The molecule has 0 aliphatic heterocycles. The highest BCUT2D eigenvalue weighted by atomic mass is 16.5. The minimum atomic E-state index is 0.367. The fraction of sp³-hybridized carbons (Fsp3) is 0.660. The van der Waals surface area contributed by atoms with E-state index < -0.39 is 0 Å². The van der Waals surface area contributed by atoms with Crippen LogP contribution in [0.5, 0.6) is 34.5 Å². The van der Waals surface area contributed by atoms with Gasteiger partial charge in [-0.15, -0.1) is 0 Å². The minimum absolute atomic E-state index is 0.367. The first kappa shape index (κ1) is 50.8. The quantitative estimate of drug-likeness (QED) is 0.0573. The standard InChI is InChI=1S/C53H85NO6/c1-5-9-13-17-21-25-29-55-48-35-46(36-49(39-48)56-30-26-22-18-14-10-6-2)43-59-52-33-45(42-54)34-53(41-52)60-44-47-37-50(57-31-27-23-19-15-11-7-3)40-51(38-47)58-32-28-24-20-16-12-8-4/h33-41H,5-32,42-44,54H2,1-4H3. The molecule has 0 spiro atoms. The highest BCUT2D eigenvalue weighted by Crippen LogP contribution is 2.29. The van der Waals surface area contributed by atoms with Crippen molar-refractivity contribution in [3.8, 4) is 34.5 Å². The van der Waals surface area contributed by atoms with E-state index in [-0.39, 0.29) is 0 Å². The van der Waals surface area contributed by atoms with Crippen LogP contribution in [-0.2, 0) is 19.8 Å². The Morgan fingerprint density at radius 3 is 0.783 bits per heavy atom. The van der Waals surface area contributed by atoms with E-state index in [0.29, 0.717) is 57.7 Å². The van der Waals surface area contributed by atoms with Crippen molar-refractivity contribution in [1.82, 2.24) is 0 Å². The fourth-order valence-electron chi connectivity index (χ4n) is 7.30. The van der Waals surface area contributed by atoms with E-state index in [1.54, 1.807) is 0 Å². The molecule has 0 aliphatic rings. The van der Waals surface area contributed by atoms with E-state index in [9.17, 15) is 0 Å². The average Bonchev–Trinajstić information content (AvgIpc) is 3.26. The number of hydrogen-bond donors (Lipinski definition) is 1. The van der Waals surface area contributed by atoms with Crippen LogP contribution < -0.4 is 34.2 Å². The Hall–Kier alpha value is -3.58. The third kappa shape index (κ3) is 24.0. The molecule has 7 nitrogen and oxygen atoms in total. The van der Waals surface area contributed by atoms with Gasteiger partial charge < -0.3 is 34.2 Å². The summed E-state index contributed by atoms with van der Waals surface area (Å²) in [5, 5.41) is 0. The molecule has 0 unspecified atom stereocenters. The van der Waals surface area contributed by atoms with Gasteiger partial charge in [-0.3, -0.25) is 0 Å². The predicted molar refractivity (Wildman–Crippen MR) is 251 cm³/mol. The first-order valence-electron chi connectivity index (χ1n) is 24.5. The summed E-state index contributed by atoms with van der Waals surface area (Å²) >= 11 is 0. The van der Waals surface area contributed by atoms with Crippen LogP contribution in [0.1, 0.15) is 198 Å². The van der Waals surface area contributed by atoms with Gasteiger partial charge in [0, 0.05) is 24.7 Å². The Morgan fingerprint density at radius 1 is 0.283 bits per heavy atom. The second-order valence-corrected chi connectivity index (χ2v) is 16.7. The van der Waals surface area contributed by atoms with Gasteiger partial charge in [-0.2, -0.15) is 0 Å². The molecule has 0 saturated carbocycles. The Morgan fingerprint density at radius 2 is 0.517 bits per heavy atom. The van der Waals surface area contributed by atoms with Gasteiger partial charge in [-0.1, -0.05) is 156 Å². The number of unbranched alkanes of at least 4 members (excludes halogenated alkanes) is 20. The maximum absolute atomic E-state index is 6.42. The molecule has 0 radical (unpaired) electrons. The molecule has 60 heavy (non-hydrogen) atoms. The molecular weight excluding hydrogens is 747 g/mol.